The molecule has 4 nitrogen and oxygen atoms in total. The normalized spacial score (nSPS) is 15.0. The van der Waals surface area contributed by atoms with Gasteiger partial charge in [0.05, 0.1) is 0 Å². The molecule has 0 saturated carbocycles. The third-order valence-corrected chi connectivity index (χ3v) is 4.26. The van der Waals surface area contributed by atoms with Gasteiger partial charge in [0, 0.05) is 60.0 Å². The van der Waals surface area contributed by atoms with Gasteiger partial charge in [0.2, 0.25) is 0 Å². The lowest BCUT2D eigenvalue weighted by Gasteiger charge is -2.38. The van der Waals surface area contributed by atoms with Crippen molar-refractivity contribution in [3.63, 3.8) is 0 Å². The molecule has 5 heteroatoms. The second-order valence-electron chi connectivity index (χ2n) is 5.38. The van der Waals surface area contributed by atoms with Gasteiger partial charge in [-0.2, -0.15) is 0 Å². The van der Waals surface area contributed by atoms with Gasteiger partial charge in [-0.15, -0.1) is 0 Å². The number of benzene rings is 2. The molecule has 1 aliphatic heterocycles. The van der Waals surface area contributed by atoms with Gasteiger partial charge >= 0.3 is 0 Å². The van der Waals surface area contributed by atoms with Crippen molar-refractivity contribution in [1.82, 2.24) is 0 Å². The molecule has 114 valence electrons. The number of rotatable bonds is 3. The molecule has 3 N–H and O–H groups in total. The number of anilines is 3. The Balaban J connectivity index is 1.78. The molecule has 0 aliphatic carbocycles. The maximum atomic E-state index is 7.60. The van der Waals surface area contributed by atoms with Crippen LogP contribution < -0.4 is 15.5 Å². The van der Waals surface area contributed by atoms with Crippen LogP contribution in [0.2, 0.25) is 5.02 Å². The van der Waals surface area contributed by atoms with Crippen LogP contribution in [0.4, 0.5) is 17.1 Å². The first kappa shape index (κ1) is 14.7. The summed E-state index contributed by atoms with van der Waals surface area (Å²) in [5.74, 6) is 0. The van der Waals surface area contributed by atoms with Crippen molar-refractivity contribution in [1.29, 1.82) is 5.41 Å². The number of nitrogens with zero attached hydrogens (tertiary/aromatic N) is 2. The summed E-state index contributed by atoms with van der Waals surface area (Å²) in [6.45, 7) is 3.65. The van der Waals surface area contributed by atoms with E-state index < -0.39 is 0 Å². The highest BCUT2D eigenvalue weighted by Gasteiger charge is 2.20. The van der Waals surface area contributed by atoms with E-state index in [2.05, 4.69) is 34.1 Å². The summed E-state index contributed by atoms with van der Waals surface area (Å²) in [4.78, 5) is 4.62. The van der Waals surface area contributed by atoms with Crippen LogP contribution in [0.1, 0.15) is 5.56 Å². The second-order valence-corrected chi connectivity index (χ2v) is 5.82. The highest BCUT2D eigenvalue weighted by molar-refractivity contribution is 6.31. The fourth-order valence-corrected chi connectivity index (χ4v) is 3.11. The number of nitrogens with two attached hydrogens (primary N) is 1. The van der Waals surface area contributed by atoms with E-state index in [1.54, 1.807) is 6.07 Å². The lowest BCUT2D eigenvalue weighted by atomic mass is 10.1. The van der Waals surface area contributed by atoms with Crippen molar-refractivity contribution >= 4 is 34.9 Å². The van der Waals surface area contributed by atoms with Gasteiger partial charge in [0.1, 0.15) is 0 Å². The predicted molar refractivity (Wildman–Crippen MR) is 94.6 cm³/mol. The molecule has 2 aromatic rings. The molecule has 1 saturated heterocycles. The zero-order valence-electron chi connectivity index (χ0n) is 12.3. The monoisotopic (exact) mass is 314 g/mol. The SMILES string of the molecule is N=Cc1c(N)cc(Cl)cc1N1CCN(c2ccccc2)CC1. The Labute approximate surface area is 135 Å². The molecular formula is C17H19ClN4. The smallest absolute Gasteiger partial charge is 0.0492 e. The third-order valence-electron chi connectivity index (χ3n) is 4.04. The van der Waals surface area contributed by atoms with Crippen LogP contribution in [0, 0.1) is 5.41 Å². The molecule has 0 amide bonds. The summed E-state index contributed by atoms with van der Waals surface area (Å²) in [6.07, 6.45) is 1.31. The summed E-state index contributed by atoms with van der Waals surface area (Å²) in [6, 6.07) is 14.0. The molecule has 22 heavy (non-hydrogen) atoms. The van der Waals surface area contributed by atoms with E-state index in [1.165, 1.54) is 11.9 Å². The molecule has 0 atom stereocenters. The number of hydrogen-bond donors (Lipinski definition) is 2. The van der Waals surface area contributed by atoms with Gasteiger partial charge in [0.25, 0.3) is 0 Å². The molecule has 1 heterocycles. The van der Waals surface area contributed by atoms with E-state index >= 15 is 0 Å². The quantitative estimate of drug-likeness (QED) is 0.675. The number of piperazine rings is 1. The van der Waals surface area contributed by atoms with E-state index in [9.17, 15) is 0 Å². The minimum absolute atomic E-state index is 0.558. The van der Waals surface area contributed by atoms with Crippen molar-refractivity contribution in [2.24, 2.45) is 0 Å². The summed E-state index contributed by atoms with van der Waals surface area (Å²) in [7, 11) is 0. The Morgan fingerprint density at radius 2 is 1.64 bits per heavy atom. The molecule has 1 fully saturated rings. The fraction of sp³-hybridized carbons (Fsp3) is 0.235. The first-order valence-electron chi connectivity index (χ1n) is 7.33. The van der Waals surface area contributed by atoms with Gasteiger partial charge < -0.3 is 20.9 Å². The highest BCUT2D eigenvalue weighted by atomic mass is 35.5. The average Bonchev–Trinajstić information content (AvgIpc) is 2.55. The lowest BCUT2D eigenvalue weighted by molar-refractivity contribution is 0.653. The summed E-state index contributed by atoms with van der Waals surface area (Å²) >= 11 is 6.13. The molecule has 0 radical (unpaired) electrons. The highest BCUT2D eigenvalue weighted by Crippen LogP contribution is 2.30. The average molecular weight is 315 g/mol. The lowest BCUT2D eigenvalue weighted by Crippen LogP contribution is -2.46. The predicted octanol–water partition coefficient (Wildman–Crippen LogP) is 3.25. The van der Waals surface area contributed by atoms with Gasteiger partial charge in [-0.05, 0) is 24.3 Å². The van der Waals surface area contributed by atoms with Crippen molar-refractivity contribution in [2.75, 3.05) is 41.7 Å². The Bertz CT molecular complexity index is 664. The first-order chi connectivity index (χ1) is 10.7. The molecular weight excluding hydrogens is 296 g/mol. The van der Waals surface area contributed by atoms with Crippen LogP contribution in [0.3, 0.4) is 0 Å². The molecule has 2 aromatic carbocycles. The van der Waals surface area contributed by atoms with Crippen molar-refractivity contribution in [2.45, 2.75) is 0 Å². The van der Waals surface area contributed by atoms with Crippen molar-refractivity contribution in [3.05, 3.63) is 53.1 Å². The molecule has 3 rings (SSSR count). The minimum Gasteiger partial charge on any atom is -0.398 e. The van der Waals surface area contributed by atoms with Gasteiger partial charge in [-0.25, -0.2) is 0 Å². The van der Waals surface area contributed by atoms with E-state index in [4.69, 9.17) is 22.7 Å². The number of para-hydroxylation sites is 1. The van der Waals surface area contributed by atoms with E-state index in [1.807, 2.05) is 12.1 Å². The Kier molecular flexibility index (Phi) is 4.20. The summed E-state index contributed by atoms with van der Waals surface area (Å²) < 4.78 is 0. The van der Waals surface area contributed by atoms with Gasteiger partial charge in [0.15, 0.2) is 0 Å². The topological polar surface area (TPSA) is 56.4 Å². The third kappa shape index (κ3) is 2.88. The van der Waals surface area contributed by atoms with E-state index in [-0.39, 0.29) is 0 Å². The number of nitrogen functional groups attached to an aromatic ring is 1. The van der Waals surface area contributed by atoms with Gasteiger partial charge in [-0.3, -0.25) is 0 Å². The van der Waals surface area contributed by atoms with Crippen LogP contribution in [-0.2, 0) is 0 Å². The number of halogens is 1. The van der Waals surface area contributed by atoms with Crippen molar-refractivity contribution < 1.29 is 0 Å². The zero-order chi connectivity index (χ0) is 15.5. The van der Waals surface area contributed by atoms with Crippen LogP contribution >= 0.6 is 11.6 Å². The summed E-state index contributed by atoms with van der Waals surface area (Å²) in [5.41, 5.74) is 9.49. The molecule has 1 aliphatic rings. The van der Waals surface area contributed by atoms with Gasteiger partial charge in [-0.1, -0.05) is 29.8 Å². The fourth-order valence-electron chi connectivity index (χ4n) is 2.89. The number of nitrogens with one attached hydrogen (secondary N) is 1. The maximum Gasteiger partial charge on any atom is 0.0492 e. The second kappa shape index (κ2) is 6.28. The molecule has 0 spiro atoms. The Hall–Kier alpha value is -2.20. The van der Waals surface area contributed by atoms with Crippen LogP contribution in [0.5, 0.6) is 0 Å². The molecule has 0 bridgehead atoms. The first-order valence-corrected chi connectivity index (χ1v) is 7.71. The minimum atomic E-state index is 0.558. The van der Waals surface area contributed by atoms with E-state index in [0.29, 0.717) is 10.7 Å². The molecule has 0 aromatic heterocycles. The maximum absolute atomic E-state index is 7.60. The largest absolute Gasteiger partial charge is 0.398 e. The van der Waals surface area contributed by atoms with Crippen LogP contribution in [-0.4, -0.2) is 32.4 Å². The number of hydrogen-bond acceptors (Lipinski definition) is 4. The Morgan fingerprint density at radius 3 is 2.27 bits per heavy atom. The summed E-state index contributed by atoms with van der Waals surface area (Å²) in [5, 5.41) is 8.22. The van der Waals surface area contributed by atoms with E-state index in [0.717, 1.165) is 37.4 Å². The van der Waals surface area contributed by atoms with Crippen LogP contribution in [0.15, 0.2) is 42.5 Å². The Morgan fingerprint density at radius 1 is 1.00 bits per heavy atom. The standard InChI is InChI=1S/C17H19ClN4/c18-13-10-16(20)15(12-19)17(11-13)22-8-6-21(7-9-22)14-4-2-1-3-5-14/h1-5,10-12,19H,6-9,20H2. The zero-order valence-corrected chi connectivity index (χ0v) is 13.1. The molecule has 0 unspecified atom stereocenters. The van der Waals surface area contributed by atoms with Crippen molar-refractivity contribution in [3.8, 4) is 0 Å². The van der Waals surface area contributed by atoms with Crippen LogP contribution in [0.25, 0.3) is 0 Å².